The number of nitrogens with zero attached hydrogens (tertiary/aromatic N) is 7. The predicted molar refractivity (Wildman–Crippen MR) is 81.2 cm³/mol. The Morgan fingerprint density at radius 2 is 2.09 bits per heavy atom. The van der Waals surface area contributed by atoms with Gasteiger partial charge in [0.05, 0.1) is 36.5 Å². The molecule has 4 rings (SSSR count). The van der Waals surface area contributed by atoms with E-state index in [1.807, 2.05) is 47.9 Å². The van der Waals surface area contributed by atoms with Crippen LogP contribution in [-0.4, -0.2) is 29.5 Å². The lowest BCUT2D eigenvalue weighted by atomic mass is 10.2. The number of aromatic nitrogens is 6. The Morgan fingerprint density at radius 3 is 2.82 bits per heavy atom. The van der Waals surface area contributed by atoms with E-state index >= 15 is 0 Å². The highest BCUT2D eigenvalue weighted by Gasteiger charge is 2.27. The van der Waals surface area contributed by atoms with Crippen molar-refractivity contribution in [2.45, 2.75) is 26.6 Å². The van der Waals surface area contributed by atoms with E-state index < -0.39 is 0 Å². The molecule has 7 nitrogen and oxygen atoms in total. The number of anilines is 1. The Bertz CT molecular complexity index is 786. The van der Waals surface area contributed by atoms with Gasteiger partial charge in [-0.1, -0.05) is 0 Å². The molecule has 0 atom stereocenters. The van der Waals surface area contributed by atoms with Crippen LogP contribution >= 0.6 is 0 Å². The second-order valence-corrected chi connectivity index (χ2v) is 5.62. The largest absolute Gasteiger partial charge is 0.345 e. The van der Waals surface area contributed by atoms with E-state index in [9.17, 15) is 0 Å². The lowest BCUT2D eigenvalue weighted by Gasteiger charge is -2.16. The number of hydrogen-bond acceptors (Lipinski definition) is 5. The van der Waals surface area contributed by atoms with E-state index in [4.69, 9.17) is 0 Å². The van der Waals surface area contributed by atoms with Crippen LogP contribution in [0.25, 0.3) is 0 Å². The van der Waals surface area contributed by atoms with E-state index in [0.717, 1.165) is 36.8 Å². The Morgan fingerprint density at radius 1 is 1.18 bits per heavy atom. The molecule has 4 heterocycles. The van der Waals surface area contributed by atoms with Crippen molar-refractivity contribution in [2.75, 3.05) is 4.90 Å². The second-order valence-electron chi connectivity index (χ2n) is 5.62. The number of aryl methyl sites for hydroxylation is 2. The summed E-state index contributed by atoms with van der Waals surface area (Å²) >= 11 is 0. The summed E-state index contributed by atoms with van der Waals surface area (Å²) in [5.74, 6) is 0.912. The third-order valence-corrected chi connectivity index (χ3v) is 4.05. The average molecular weight is 295 g/mol. The topological polar surface area (TPSA) is 64.7 Å². The van der Waals surface area contributed by atoms with Crippen molar-refractivity contribution in [3.63, 3.8) is 0 Å². The molecule has 0 N–H and O–H groups in total. The molecule has 3 aromatic rings. The van der Waals surface area contributed by atoms with Crippen LogP contribution in [0.3, 0.4) is 0 Å². The van der Waals surface area contributed by atoms with Gasteiger partial charge in [-0.15, -0.1) is 5.10 Å². The van der Waals surface area contributed by atoms with Gasteiger partial charge in [0.15, 0.2) is 5.82 Å². The lowest BCUT2D eigenvalue weighted by Crippen LogP contribution is -2.19. The van der Waals surface area contributed by atoms with Gasteiger partial charge in [-0.25, -0.2) is 4.98 Å². The summed E-state index contributed by atoms with van der Waals surface area (Å²) in [5.41, 5.74) is 4.57. The molecule has 1 aliphatic rings. The van der Waals surface area contributed by atoms with Crippen LogP contribution in [-0.2, 0) is 26.7 Å². The molecule has 112 valence electrons. The van der Waals surface area contributed by atoms with Gasteiger partial charge in [0, 0.05) is 31.5 Å². The summed E-state index contributed by atoms with van der Waals surface area (Å²) in [7, 11) is 2.00. The van der Waals surface area contributed by atoms with Crippen LogP contribution in [0.1, 0.15) is 22.6 Å². The van der Waals surface area contributed by atoms with Crippen LogP contribution in [0, 0.1) is 6.92 Å². The minimum atomic E-state index is 0.747. The molecule has 0 aromatic carbocycles. The van der Waals surface area contributed by atoms with Crippen molar-refractivity contribution in [3.8, 4) is 0 Å². The summed E-state index contributed by atoms with van der Waals surface area (Å²) in [6.07, 6.45) is 5.57. The zero-order valence-corrected chi connectivity index (χ0v) is 12.6. The first kappa shape index (κ1) is 13.0. The molecule has 0 radical (unpaired) electrons. The maximum atomic E-state index is 4.65. The van der Waals surface area contributed by atoms with Crippen molar-refractivity contribution >= 4 is 5.82 Å². The van der Waals surface area contributed by atoms with Gasteiger partial charge < -0.3 is 9.47 Å². The standard InChI is InChI=1S/C15H17N7/c1-11-3-4-15(18-17-11)22-7-12-13(8-21-6-5-16-10-21)19-20(2)14(12)9-22/h3-6,10H,7-9H2,1-2H3. The van der Waals surface area contributed by atoms with Gasteiger partial charge in [-0.2, -0.15) is 10.2 Å². The van der Waals surface area contributed by atoms with Gasteiger partial charge >= 0.3 is 0 Å². The summed E-state index contributed by atoms with van der Waals surface area (Å²) in [4.78, 5) is 6.32. The Hall–Kier alpha value is -2.70. The smallest absolute Gasteiger partial charge is 0.151 e. The van der Waals surface area contributed by atoms with Gasteiger partial charge in [-0.05, 0) is 19.1 Å². The monoisotopic (exact) mass is 295 g/mol. The fourth-order valence-electron chi connectivity index (χ4n) is 2.87. The minimum absolute atomic E-state index is 0.747. The molecule has 0 bridgehead atoms. The van der Waals surface area contributed by atoms with E-state index in [1.54, 1.807) is 6.20 Å². The first-order chi connectivity index (χ1) is 10.7. The van der Waals surface area contributed by atoms with Crippen LogP contribution in [0.4, 0.5) is 5.82 Å². The Kier molecular flexibility index (Phi) is 2.92. The maximum absolute atomic E-state index is 4.65. The molecule has 22 heavy (non-hydrogen) atoms. The molecular formula is C15H17N7. The van der Waals surface area contributed by atoms with Gasteiger partial charge in [-0.3, -0.25) is 4.68 Å². The van der Waals surface area contributed by atoms with Crippen molar-refractivity contribution in [1.82, 2.24) is 29.5 Å². The molecule has 7 heteroatoms. The lowest BCUT2D eigenvalue weighted by molar-refractivity contribution is 0.663. The number of rotatable bonds is 3. The number of hydrogen-bond donors (Lipinski definition) is 0. The Balaban J connectivity index is 1.62. The number of fused-ring (bicyclic) bond motifs is 1. The SMILES string of the molecule is Cc1ccc(N2Cc3c(Cn4ccnc4)nn(C)c3C2)nn1. The van der Waals surface area contributed by atoms with E-state index in [2.05, 4.69) is 25.2 Å². The van der Waals surface area contributed by atoms with E-state index in [-0.39, 0.29) is 0 Å². The summed E-state index contributed by atoms with van der Waals surface area (Å²) < 4.78 is 4.01. The molecule has 0 fully saturated rings. The van der Waals surface area contributed by atoms with Gasteiger partial charge in [0.25, 0.3) is 0 Å². The highest BCUT2D eigenvalue weighted by molar-refractivity contribution is 5.46. The summed E-state index contributed by atoms with van der Waals surface area (Å²) in [6, 6.07) is 4.02. The predicted octanol–water partition coefficient (Wildman–Crippen LogP) is 1.28. The maximum Gasteiger partial charge on any atom is 0.151 e. The molecule has 0 saturated heterocycles. The molecule has 0 unspecified atom stereocenters. The first-order valence-electron chi connectivity index (χ1n) is 7.25. The fraction of sp³-hybridized carbons (Fsp3) is 0.333. The van der Waals surface area contributed by atoms with Crippen LogP contribution in [0.15, 0.2) is 30.9 Å². The molecule has 3 aromatic heterocycles. The van der Waals surface area contributed by atoms with Crippen LogP contribution < -0.4 is 4.90 Å². The van der Waals surface area contributed by atoms with Gasteiger partial charge in [0.1, 0.15) is 0 Å². The highest BCUT2D eigenvalue weighted by Crippen LogP contribution is 2.29. The Labute approximate surface area is 128 Å². The summed E-state index contributed by atoms with van der Waals surface area (Å²) in [6.45, 7) is 4.34. The van der Waals surface area contributed by atoms with Crippen molar-refractivity contribution < 1.29 is 0 Å². The zero-order valence-electron chi connectivity index (χ0n) is 12.6. The van der Waals surface area contributed by atoms with Crippen molar-refractivity contribution in [2.24, 2.45) is 7.05 Å². The molecule has 0 saturated carbocycles. The quantitative estimate of drug-likeness (QED) is 0.728. The van der Waals surface area contributed by atoms with Crippen LogP contribution in [0.5, 0.6) is 0 Å². The zero-order chi connectivity index (χ0) is 15.1. The van der Waals surface area contributed by atoms with Crippen molar-refractivity contribution in [1.29, 1.82) is 0 Å². The number of imidazole rings is 1. The van der Waals surface area contributed by atoms with Crippen molar-refractivity contribution in [3.05, 3.63) is 53.5 Å². The third-order valence-electron chi connectivity index (χ3n) is 4.05. The van der Waals surface area contributed by atoms with E-state index in [0.29, 0.717) is 0 Å². The second kappa shape index (κ2) is 4.94. The summed E-state index contributed by atoms with van der Waals surface area (Å²) in [5, 5.41) is 13.1. The molecule has 0 aliphatic carbocycles. The molecule has 1 aliphatic heterocycles. The average Bonchev–Trinajstić information content (AvgIpc) is 3.20. The normalized spacial score (nSPS) is 13.6. The highest BCUT2D eigenvalue weighted by atomic mass is 15.3. The molecule has 0 amide bonds. The third kappa shape index (κ3) is 2.14. The first-order valence-corrected chi connectivity index (χ1v) is 7.25. The molecular weight excluding hydrogens is 278 g/mol. The fourth-order valence-corrected chi connectivity index (χ4v) is 2.87. The van der Waals surface area contributed by atoms with E-state index in [1.165, 1.54) is 11.3 Å². The van der Waals surface area contributed by atoms with Gasteiger partial charge in [0.2, 0.25) is 0 Å². The van der Waals surface area contributed by atoms with Crippen LogP contribution in [0.2, 0.25) is 0 Å². The minimum Gasteiger partial charge on any atom is -0.345 e. The molecule has 0 spiro atoms.